The molecule has 0 saturated carbocycles. The quantitative estimate of drug-likeness (QED) is 0.861. The van der Waals surface area contributed by atoms with E-state index in [9.17, 15) is 9.18 Å². The largest absolute Gasteiger partial charge is 0.465 e. The number of nitrogens with one attached hydrogen (secondary N) is 1. The predicted octanol–water partition coefficient (Wildman–Crippen LogP) is 4.19. The number of anilines is 1. The van der Waals surface area contributed by atoms with Gasteiger partial charge in [0.1, 0.15) is 5.82 Å². The van der Waals surface area contributed by atoms with E-state index in [4.69, 9.17) is 11.6 Å². The van der Waals surface area contributed by atoms with Gasteiger partial charge in [0.2, 0.25) is 0 Å². The normalized spacial score (nSPS) is 10.3. The number of aryl methyl sites for hydroxylation is 1. The number of carbonyl (C=O) groups excluding carboxylic acids is 1. The van der Waals surface area contributed by atoms with Gasteiger partial charge in [0.15, 0.2) is 0 Å². The summed E-state index contributed by atoms with van der Waals surface area (Å²) in [5.74, 6) is -0.709. The predicted molar refractivity (Wildman–Crippen MR) is 81.3 cm³/mol. The molecule has 0 saturated heterocycles. The molecule has 0 aliphatic carbocycles. The highest BCUT2D eigenvalue weighted by atomic mass is 35.5. The van der Waals surface area contributed by atoms with Gasteiger partial charge in [-0.25, -0.2) is 9.18 Å². The summed E-state index contributed by atoms with van der Waals surface area (Å²) in [5, 5.41) is 3.50. The van der Waals surface area contributed by atoms with Crippen molar-refractivity contribution in [2.24, 2.45) is 0 Å². The van der Waals surface area contributed by atoms with Crippen LogP contribution in [0.3, 0.4) is 0 Å². The van der Waals surface area contributed by atoms with Crippen LogP contribution in [0.1, 0.15) is 21.5 Å². The van der Waals surface area contributed by atoms with E-state index in [1.54, 1.807) is 37.3 Å². The van der Waals surface area contributed by atoms with Gasteiger partial charge in [-0.2, -0.15) is 0 Å². The fourth-order valence-electron chi connectivity index (χ4n) is 1.92. The third-order valence-corrected chi connectivity index (χ3v) is 3.42. The second kappa shape index (κ2) is 6.59. The average Bonchev–Trinajstić information content (AvgIpc) is 2.49. The van der Waals surface area contributed by atoms with E-state index < -0.39 is 5.97 Å². The summed E-state index contributed by atoms with van der Waals surface area (Å²) < 4.78 is 17.9. The number of hydrogen-bond donors (Lipinski definition) is 1. The number of hydrogen-bond acceptors (Lipinski definition) is 3. The maximum atomic E-state index is 13.2. The van der Waals surface area contributed by atoms with Crippen molar-refractivity contribution in [1.29, 1.82) is 0 Å². The number of esters is 1. The number of methoxy groups -OCH3 is 1. The Balaban J connectivity index is 2.13. The van der Waals surface area contributed by atoms with E-state index in [1.165, 1.54) is 13.2 Å². The lowest BCUT2D eigenvalue weighted by atomic mass is 10.1. The van der Waals surface area contributed by atoms with Crippen molar-refractivity contribution < 1.29 is 13.9 Å². The maximum absolute atomic E-state index is 13.2. The Hall–Kier alpha value is -2.07. The molecular weight excluding hydrogens is 293 g/mol. The summed E-state index contributed by atoms with van der Waals surface area (Å²) in [6.45, 7) is 2.24. The lowest BCUT2D eigenvalue weighted by molar-refractivity contribution is 0.0601. The highest BCUT2D eigenvalue weighted by Crippen LogP contribution is 2.22. The molecule has 0 amide bonds. The van der Waals surface area contributed by atoms with E-state index >= 15 is 0 Å². The van der Waals surface area contributed by atoms with E-state index in [0.29, 0.717) is 22.7 Å². The minimum atomic E-state index is -0.485. The second-order valence-electron chi connectivity index (χ2n) is 4.62. The van der Waals surface area contributed by atoms with Gasteiger partial charge in [-0.3, -0.25) is 0 Å². The Bertz CT molecular complexity index is 673. The van der Waals surface area contributed by atoms with Crippen LogP contribution in [0.25, 0.3) is 0 Å². The molecule has 3 nitrogen and oxygen atoms in total. The Morgan fingerprint density at radius 3 is 2.71 bits per heavy atom. The van der Waals surface area contributed by atoms with Crippen molar-refractivity contribution >= 4 is 23.3 Å². The van der Waals surface area contributed by atoms with Crippen molar-refractivity contribution in [3.63, 3.8) is 0 Å². The van der Waals surface area contributed by atoms with Gasteiger partial charge in [-0.05, 0) is 42.3 Å². The SMILES string of the molecule is COC(=O)c1cc(NCc2ccc(F)c(C)c2)ccc1Cl. The first kappa shape index (κ1) is 15.3. The molecule has 0 heterocycles. The van der Waals surface area contributed by atoms with Crippen molar-refractivity contribution in [2.75, 3.05) is 12.4 Å². The standard InChI is InChI=1S/C16H15ClFNO2/c1-10-7-11(3-6-15(10)18)9-19-12-4-5-14(17)13(8-12)16(20)21-2/h3-8,19H,9H2,1-2H3. The Morgan fingerprint density at radius 1 is 1.29 bits per heavy atom. The summed E-state index contributed by atoms with van der Waals surface area (Å²) >= 11 is 5.95. The van der Waals surface area contributed by atoms with E-state index in [1.807, 2.05) is 0 Å². The Morgan fingerprint density at radius 2 is 2.05 bits per heavy atom. The molecule has 0 bridgehead atoms. The van der Waals surface area contributed by atoms with Gasteiger partial charge in [0.25, 0.3) is 0 Å². The molecule has 0 aromatic heterocycles. The summed E-state index contributed by atoms with van der Waals surface area (Å²) in [5.41, 5.74) is 2.59. The molecule has 0 spiro atoms. The minimum absolute atomic E-state index is 0.224. The lowest BCUT2D eigenvalue weighted by Crippen LogP contribution is -2.05. The summed E-state index contributed by atoms with van der Waals surface area (Å²) in [4.78, 5) is 11.6. The van der Waals surface area contributed by atoms with Crippen LogP contribution >= 0.6 is 11.6 Å². The van der Waals surface area contributed by atoms with Crippen LogP contribution in [-0.2, 0) is 11.3 Å². The summed E-state index contributed by atoms with van der Waals surface area (Å²) in [6.07, 6.45) is 0. The first-order valence-corrected chi connectivity index (χ1v) is 6.76. The van der Waals surface area contributed by atoms with Gasteiger partial charge in [-0.15, -0.1) is 0 Å². The first-order valence-electron chi connectivity index (χ1n) is 6.38. The molecular formula is C16H15ClFNO2. The number of halogens is 2. The zero-order valence-electron chi connectivity index (χ0n) is 11.7. The smallest absolute Gasteiger partial charge is 0.339 e. The fraction of sp³-hybridized carbons (Fsp3) is 0.188. The van der Waals surface area contributed by atoms with E-state index in [-0.39, 0.29) is 5.82 Å². The topological polar surface area (TPSA) is 38.3 Å². The van der Waals surface area contributed by atoms with E-state index in [2.05, 4.69) is 10.1 Å². The van der Waals surface area contributed by atoms with Crippen LogP contribution in [0.15, 0.2) is 36.4 Å². The third kappa shape index (κ3) is 3.73. The minimum Gasteiger partial charge on any atom is -0.465 e. The molecule has 5 heteroatoms. The monoisotopic (exact) mass is 307 g/mol. The van der Waals surface area contributed by atoms with Crippen LogP contribution in [0, 0.1) is 12.7 Å². The molecule has 2 aromatic carbocycles. The molecule has 1 N–H and O–H groups in total. The third-order valence-electron chi connectivity index (χ3n) is 3.09. The lowest BCUT2D eigenvalue weighted by Gasteiger charge is -2.10. The van der Waals surface area contributed by atoms with Crippen molar-refractivity contribution in [1.82, 2.24) is 0 Å². The van der Waals surface area contributed by atoms with Crippen LogP contribution in [-0.4, -0.2) is 13.1 Å². The first-order chi connectivity index (χ1) is 10.0. The number of ether oxygens (including phenoxy) is 1. The Kier molecular flexibility index (Phi) is 4.81. The van der Waals surface area contributed by atoms with Crippen molar-refractivity contribution in [3.8, 4) is 0 Å². The van der Waals surface area contributed by atoms with Crippen molar-refractivity contribution in [3.05, 3.63) is 63.9 Å². The van der Waals surface area contributed by atoms with Crippen molar-refractivity contribution in [2.45, 2.75) is 13.5 Å². The molecule has 0 unspecified atom stereocenters. The van der Waals surface area contributed by atoms with Crippen LogP contribution in [0.5, 0.6) is 0 Å². The molecule has 110 valence electrons. The molecule has 0 aliphatic heterocycles. The fourth-order valence-corrected chi connectivity index (χ4v) is 2.12. The number of carbonyl (C=O) groups is 1. The molecule has 0 aliphatic rings. The zero-order chi connectivity index (χ0) is 15.4. The molecule has 0 radical (unpaired) electrons. The molecule has 2 rings (SSSR count). The molecule has 0 fully saturated rings. The van der Waals surface area contributed by atoms with Crippen LogP contribution in [0.2, 0.25) is 5.02 Å². The van der Waals surface area contributed by atoms with Gasteiger partial charge < -0.3 is 10.1 Å². The highest BCUT2D eigenvalue weighted by Gasteiger charge is 2.11. The number of benzene rings is 2. The molecule has 2 aromatic rings. The second-order valence-corrected chi connectivity index (χ2v) is 5.03. The van der Waals surface area contributed by atoms with E-state index in [0.717, 1.165) is 11.3 Å². The van der Waals surface area contributed by atoms with Crippen LogP contribution < -0.4 is 5.32 Å². The van der Waals surface area contributed by atoms with Gasteiger partial charge in [-0.1, -0.05) is 23.7 Å². The van der Waals surface area contributed by atoms with Gasteiger partial charge in [0, 0.05) is 12.2 Å². The average molecular weight is 308 g/mol. The van der Waals surface area contributed by atoms with Gasteiger partial charge >= 0.3 is 5.97 Å². The van der Waals surface area contributed by atoms with Crippen LogP contribution in [0.4, 0.5) is 10.1 Å². The molecule has 0 atom stereocenters. The summed E-state index contributed by atoms with van der Waals surface area (Å²) in [6, 6.07) is 9.96. The van der Waals surface area contributed by atoms with Gasteiger partial charge in [0.05, 0.1) is 17.7 Å². The number of rotatable bonds is 4. The molecule has 21 heavy (non-hydrogen) atoms. The Labute approximate surface area is 127 Å². The highest BCUT2D eigenvalue weighted by molar-refractivity contribution is 6.33. The maximum Gasteiger partial charge on any atom is 0.339 e. The summed E-state index contributed by atoms with van der Waals surface area (Å²) in [7, 11) is 1.31. The zero-order valence-corrected chi connectivity index (χ0v) is 12.5.